The van der Waals surface area contributed by atoms with Gasteiger partial charge in [-0.25, -0.2) is 4.79 Å². The lowest BCUT2D eigenvalue weighted by Gasteiger charge is -2.50. The van der Waals surface area contributed by atoms with Crippen molar-refractivity contribution in [2.75, 3.05) is 79.3 Å². The molecule has 22 N–H and O–H groups in total. The second-order valence-electron chi connectivity index (χ2n) is 19.9. The fraction of sp³-hybridized carbons (Fsp3) is 0.979. The predicted octanol–water partition coefficient (Wildman–Crippen LogP) is -6.19. The molecule has 0 radical (unpaired) electrons. The molecule has 0 rings (SSSR count). The molecule has 0 aromatic heterocycles. The van der Waals surface area contributed by atoms with Crippen molar-refractivity contribution in [1.82, 2.24) is 0 Å². The van der Waals surface area contributed by atoms with Crippen LogP contribution in [0.1, 0.15) is 96.3 Å². The van der Waals surface area contributed by atoms with Gasteiger partial charge in [-0.15, -0.1) is 0 Å². The minimum Gasteiger partial charge on any atom is -0.461 e. The summed E-state index contributed by atoms with van der Waals surface area (Å²) in [6.07, 6.45) is -19.7. The number of aliphatic hydroxyl groups is 22. The fourth-order valence-electron chi connectivity index (χ4n) is 10.8. The fourth-order valence-corrected chi connectivity index (χ4v) is 10.8. The molecule has 20 unspecified atom stereocenters. The predicted molar refractivity (Wildman–Crippen MR) is 256 cm³/mol. The van der Waals surface area contributed by atoms with Crippen LogP contribution in [0, 0.1) is 53.3 Å². The lowest BCUT2D eigenvalue weighted by molar-refractivity contribution is -0.165. The van der Waals surface area contributed by atoms with E-state index in [-0.39, 0.29) is 25.9 Å². The van der Waals surface area contributed by atoms with Crippen molar-refractivity contribution < 1.29 is 122 Å². The van der Waals surface area contributed by atoms with Gasteiger partial charge < -0.3 is 117 Å². The molecule has 20 atom stereocenters. The summed E-state index contributed by atoms with van der Waals surface area (Å²) in [6, 6.07) is 0. The second-order valence-corrected chi connectivity index (χ2v) is 19.9. The first-order chi connectivity index (χ1) is 34.2. The Labute approximate surface area is 423 Å². The van der Waals surface area contributed by atoms with Crippen molar-refractivity contribution in [3.05, 3.63) is 0 Å². The molecule has 24 heteroatoms. The van der Waals surface area contributed by atoms with E-state index >= 15 is 0 Å². The highest BCUT2D eigenvalue weighted by Gasteiger charge is 2.50. The molecule has 0 aliphatic rings. The summed E-state index contributed by atoms with van der Waals surface area (Å²) in [6.45, 7) is -9.82. The molecule has 72 heavy (non-hydrogen) atoms. The molecule has 0 spiro atoms. The summed E-state index contributed by atoms with van der Waals surface area (Å²) < 4.78 is 5.07. The Bertz CT molecular complexity index is 1290. The van der Waals surface area contributed by atoms with Gasteiger partial charge in [0.25, 0.3) is 0 Å². The van der Waals surface area contributed by atoms with Crippen LogP contribution >= 0.6 is 0 Å². The van der Waals surface area contributed by atoms with Gasteiger partial charge in [-0.1, -0.05) is 32.1 Å². The van der Waals surface area contributed by atoms with E-state index in [1.807, 2.05) is 0 Å². The molecule has 24 nitrogen and oxygen atoms in total. The number of esters is 1. The van der Waals surface area contributed by atoms with Crippen molar-refractivity contribution in [1.29, 1.82) is 0 Å². The van der Waals surface area contributed by atoms with Crippen LogP contribution in [0.4, 0.5) is 0 Å². The van der Waals surface area contributed by atoms with Crippen molar-refractivity contribution in [2.24, 2.45) is 53.3 Å². The molecular weight excluding hydrogens is 961 g/mol. The average molecular weight is 1060 g/mol. The van der Waals surface area contributed by atoms with E-state index in [1.165, 1.54) is 0 Å². The number of hydrogen-bond acceptors (Lipinski definition) is 24. The molecule has 0 saturated heterocycles. The van der Waals surface area contributed by atoms with E-state index < -0.39 is 244 Å². The molecule has 0 bridgehead atoms. The van der Waals surface area contributed by atoms with Crippen LogP contribution in [0.3, 0.4) is 0 Å². The minimum atomic E-state index is -2.34. The number of unbranched alkanes of at least 4 members (excludes halogenated alkanes) is 4. The molecule has 432 valence electrons. The highest BCUT2D eigenvalue weighted by Crippen LogP contribution is 2.51. The maximum atomic E-state index is 13.6. The maximum Gasteiger partial charge on any atom is 0.335 e. The van der Waals surface area contributed by atoms with Crippen molar-refractivity contribution in [3.8, 4) is 0 Å². The van der Waals surface area contributed by atoms with Crippen molar-refractivity contribution in [2.45, 2.75) is 163 Å². The van der Waals surface area contributed by atoms with E-state index in [4.69, 9.17) is 4.74 Å². The van der Waals surface area contributed by atoms with Gasteiger partial charge in [0, 0.05) is 12.5 Å². The number of aliphatic hydroxyl groups excluding tert-OH is 22. The summed E-state index contributed by atoms with van der Waals surface area (Å²) in [5.74, 6) is -12.9. The summed E-state index contributed by atoms with van der Waals surface area (Å²) in [5, 5.41) is 235. The molecule has 0 aliphatic heterocycles. The van der Waals surface area contributed by atoms with E-state index in [9.17, 15) is 117 Å². The lowest BCUT2D eigenvalue weighted by Crippen LogP contribution is -2.49. The summed E-state index contributed by atoms with van der Waals surface area (Å²) >= 11 is 0. The quantitative estimate of drug-likeness (QED) is 0.0199. The molecular formula is C48H96O24. The first-order valence-corrected chi connectivity index (χ1v) is 25.6. The van der Waals surface area contributed by atoms with E-state index in [0.29, 0.717) is 32.1 Å². The Morgan fingerprint density at radius 1 is 0.292 bits per heavy atom. The Morgan fingerprint density at radius 2 is 0.542 bits per heavy atom. The number of carbonyl (C=O) groups is 1. The van der Waals surface area contributed by atoms with Crippen molar-refractivity contribution >= 4 is 5.97 Å². The van der Waals surface area contributed by atoms with Gasteiger partial charge in [-0.05, 0) is 112 Å². The van der Waals surface area contributed by atoms with Gasteiger partial charge in [-0.3, -0.25) is 0 Å². The molecule has 0 heterocycles. The standard InChI is InChI=1S/C48H96O24/c49-7-5-3-1-2-4-6-28(8-29(60)17-50)39(9-30(61)18-51)40(10-31(62)19-52)41(11-32(63)20-53)42(12-33(64)21-54)43(13-34(65)22-55)44(14-35(66)23-56)45(15-36(67)24-57)46(16-37(68)25-58)47(70)48(71)72-27-38(69)26-59/h28-47,49-70H,1-27H2. The average Bonchev–Trinajstić information content (AvgIpc) is 3.38. The smallest absolute Gasteiger partial charge is 0.335 e. The Morgan fingerprint density at radius 3 is 0.861 bits per heavy atom. The highest BCUT2D eigenvalue weighted by molar-refractivity contribution is 5.74. The number of rotatable bonds is 47. The monoisotopic (exact) mass is 1060 g/mol. The second kappa shape index (κ2) is 40.8. The van der Waals surface area contributed by atoms with E-state index in [2.05, 4.69) is 0 Å². The number of carbonyl (C=O) groups excluding carboxylic acids is 1. The first kappa shape index (κ1) is 70.6. The van der Waals surface area contributed by atoms with Gasteiger partial charge in [0.05, 0.1) is 121 Å². The molecule has 0 aliphatic carbocycles. The zero-order valence-electron chi connectivity index (χ0n) is 41.8. The summed E-state index contributed by atoms with van der Waals surface area (Å²) in [5.41, 5.74) is 0. The summed E-state index contributed by atoms with van der Waals surface area (Å²) in [4.78, 5) is 13.6. The van der Waals surface area contributed by atoms with Crippen LogP contribution < -0.4 is 0 Å². The third-order valence-electron chi connectivity index (χ3n) is 14.3. The first-order valence-electron chi connectivity index (χ1n) is 25.6. The highest BCUT2D eigenvalue weighted by atomic mass is 16.6. The molecule has 0 amide bonds. The molecule has 0 fully saturated rings. The zero-order chi connectivity index (χ0) is 54.9. The molecule has 0 aromatic carbocycles. The maximum absolute atomic E-state index is 13.6. The van der Waals surface area contributed by atoms with Gasteiger partial charge >= 0.3 is 5.97 Å². The van der Waals surface area contributed by atoms with E-state index in [0.717, 1.165) is 0 Å². The van der Waals surface area contributed by atoms with Crippen LogP contribution in [0.25, 0.3) is 0 Å². The number of ether oxygens (including phenoxy) is 1. The largest absolute Gasteiger partial charge is 0.461 e. The Balaban J connectivity index is 9.12. The van der Waals surface area contributed by atoms with Gasteiger partial charge in [0.1, 0.15) is 12.7 Å². The Hall–Kier alpha value is -1.41. The van der Waals surface area contributed by atoms with Crippen LogP contribution in [0.5, 0.6) is 0 Å². The van der Waals surface area contributed by atoms with Crippen LogP contribution in [0.15, 0.2) is 0 Å². The van der Waals surface area contributed by atoms with Gasteiger partial charge in [0.15, 0.2) is 6.10 Å². The topological polar surface area (TPSA) is 471 Å². The van der Waals surface area contributed by atoms with Crippen molar-refractivity contribution in [3.63, 3.8) is 0 Å². The third-order valence-corrected chi connectivity index (χ3v) is 14.3. The SMILES string of the molecule is O=C(OCC(O)CO)C(O)C(CC(O)CO)C(CC(O)CO)C(CC(O)CO)C(CC(O)CO)C(CC(O)CO)C(CC(O)CO)C(CC(O)CO)C(CC(O)CO)C(CCCCCCCO)CC(O)CO. The normalized spacial score (nSPS) is 20.8. The lowest BCUT2D eigenvalue weighted by atomic mass is 9.56. The number of hydrogen-bond donors (Lipinski definition) is 22. The van der Waals surface area contributed by atoms with Gasteiger partial charge in [-0.2, -0.15) is 0 Å². The van der Waals surface area contributed by atoms with Crippen LogP contribution in [-0.4, -0.2) is 265 Å². The van der Waals surface area contributed by atoms with Gasteiger partial charge in [0.2, 0.25) is 0 Å². The van der Waals surface area contributed by atoms with Crippen LogP contribution in [-0.2, 0) is 9.53 Å². The zero-order valence-corrected chi connectivity index (χ0v) is 41.8. The summed E-state index contributed by atoms with van der Waals surface area (Å²) in [7, 11) is 0. The molecule has 0 aromatic rings. The Kier molecular flexibility index (Phi) is 40.0. The van der Waals surface area contributed by atoms with E-state index in [1.54, 1.807) is 0 Å². The molecule has 0 saturated carbocycles. The third kappa shape index (κ3) is 27.1. The minimum absolute atomic E-state index is 0.0255. The van der Waals surface area contributed by atoms with Crippen LogP contribution in [0.2, 0.25) is 0 Å².